The maximum atomic E-state index is 11.6. The van der Waals surface area contributed by atoms with Crippen LogP contribution >= 0.6 is 0 Å². The minimum atomic E-state index is -0.966. The van der Waals surface area contributed by atoms with Gasteiger partial charge in [-0.3, -0.25) is 4.79 Å². The molecule has 2 aliphatic heterocycles. The number of amides is 1. The zero-order valence-electron chi connectivity index (χ0n) is 14.7. The Morgan fingerprint density at radius 2 is 2.08 bits per heavy atom. The van der Waals surface area contributed by atoms with Crippen molar-refractivity contribution in [3.63, 3.8) is 0 Å². The van der Waals surface area contributed by atoms with Crippen LogP contribution in [0.2, 0.25) is 0 Å². The molecule has 2 aliphatic rings. The number of carbonyl (C=O) groups excluding carboxylic acids is 1. The summed E-state index contributed by atoms with van der Waals surface area (Å²) in [5, 5.41) is 13.5. The Morgan fingerprint density at radius 1 is 1.36 bits per heavy atom. The first-order valence-corrected chi connectivity index (χ1v) is 8.44. The lowest BCUT2D eigenvalue weighted by molar-refractivity contribution is -0.369. The number of aliphatic hydroxyl groups excluding tert-OH is 1. The molecule has 25 heavy (non-hydrogen) atoms. The Bertz CT molecular complexity index is 592. The number of hydrogen-bond donors (Lipinski definition) is 2. The van der Waals surface area contributed by atoms with Crippen molar-refractivity contribution < 1.29 is 28.8 Å². The molecule has 0 spiro atoms. The number of rotatable bonds is 4. The SMILES string of the molecule is CC(=O)NC1C(OCc2ccccc2)OC2COC(C)(C)OC2C1O. The van der Waals surface area contributed by atoms with Gasteiger partial charge in [-0.1, -0.05) is 30.3 Å². The summed E-state index contributed by atoms with van der Waals surface area (Å²) in [6.45, 7) is 5.54. The van der Waals surface area contributed by atoms with Crippen LogP contribution in [0.3, 0.4) is 0 Å². The average molecular weight is 351 g/mol. The molecule has 0 radical (unpaired) electrons. The number of carbonyl (C=O) groups is 1. The molecule has 7 nitrogen and oxygen atoms in total. The van der Waals surface area contributed by atoms with Crippen LogP contribution in [0.1, 0.15) is 26.3 Å². The Morgan fingerprint density at radius 3 is 2.76 bits per heavy atom. The van der Waals surface area contributed by atoms with Gasteiger partial charge in [-0.05, 0) is 19.4 Å². The van der Waals surface area contributed by atoms with Gasteiger partial charge in [0.1, 0.15) is 24.4 Å². The zero-order valence-corrected chi connectivity index (χ0v) is 14.7. The molecule has 0 aliphatic carbocycles. The van der Waals surface area contributed by atoms with Gasteiger partial charge in [0.05, 0.1) is 13.2 Å². The molecule has 1 aromatic carbocycles. The van der Waals surface area contributed by atoms with Crippen molar-refractivity contribution in [2.24, 2.45) is 0 Å². The topological polar surface area (TPSA) is 86.3 Å². The van der Waals surface area contributed by atoms with Crippen molar-refractivity contribution in [3.05, 3.63) is 35.9 Å². The third-order valence-corrected chi connectivity index (χ3v) is 4.32. The van der Waals surface area contributed by atoms with Crippen molar-refractivity contribution in [1.82, 2.24) is 5.32 Å². The van der Waals surface area contributed by atoms with Gasteiger partial charge in [0.15, 0.2) is 12.1 Å². The van der Waals surface area contributed by atoms with Gasteiger partial charge in [-0.15, -0.1) is 0 Å². The molecule has 2 N–H and O–H groups in total. The summed E-state index contributed by atoms with van der Waals surface area (Å²) in [6.07, 6.45) is -2.83. The van der Waals surface area contributed by atoms with Crippen molar-refractivity contribution in [1.29, 1.82) is 0 Å². The van der Waals surface area contributed by atoms with E-state index < -0.39 is 36.4 Å². The van der Waals surface area contributed by atoms with Gasteiger partial charge in [-0.25, -0.2) is 0 Å². The standard InChI is InChI=1S/C18H25NO6/c1-11(20)19-14-15(21)16-13(10-23-18(2,3)25-16)24-17(14)22-9-12-7-5-4-6-8-12/h4-8,13-17,21H,9-10H2,1-3H3,(H,19,20). The maximum Gasteiger partial charge on any atom is 0.217 e. The van der Waals surface area contributed by atoms with Crippen LogP contribution in [-0.4, -0.2) is 54.1 Å². The zero-order chi connectivity index (χ0) is 18.0. The van der Waals surface area contributed by atoms with Crippen LogP contribution in [0.15, 0.2) is 30.3 Å². The summed E-state index contributed by atoms with van der Waals surface area (Å²) >= 11 is 0. The van der Waals surface area contributed by atoms with Crippen molar-refractivity contribution in [2.45, 2.75) is 63.8 Å². The van der Waals surface area contributed by atoms with Crippen LogP contribution in [0.5, 0.6) is 0 Å². The molecule has 1 amide bonds. The first-order valence-electron chi connectivity index (χ1n) is 8.44. The smallest absolute Gasteiger partial charge is 0.217 e. The summed E-state index contributed by atoms with van der Waals surface area (Å²) in [4.78, 5) is 11.6. The minimum absolute atomic E-state index is 0.272. The molecule has 2 heterocycles. The molecule has 2 fully saturated rings. The third kappa shape index (κ3) is 4.37. The summed E-state index contributed by atoms with van der Waals surface area (Å²) in [7, 11) is 0. The number of aliphatic hydroxyl groups is 1. The lowest BCUT2D eigenvalue weighted by Gasteiger charge is -2.49. The van der Waals surface area contributed by atoms with Crippen LogP contribution in [0.25, 0.3) is 0 Å². The Labute approximate surface area is 147 Å². The quantitative estimate of drug-likeness (QED) is 0.840. The van der Waals surface area contributed by atoms with Crippen LogP contribution in [0, 0.1) is 0 Å². The van der Waals surface area contributed by atoms with Gasteiger partial charge < -0.3 is 29.4 Å². The molecule has 0 aromatic heterocycles. The van der Waals surface area contributed by atoms with E-state index in [1.54, 1.807) is 13.8 Å². The van der Waals surface area contributed by atoms with Gasteiger partial charge in [0, 0.05) is 6.92 Å². The van der Waals surface area contributed by atoms with Crippen molar-refractivity contribution in [2.75, 3.05) is 6.61 Å². The first-order chi connectivity index (χ1) is 11.9. The average Bonchev–Trinajstić information content (AvgIpc) is 2.57. The summed E-state index contributed by atoms with van der Waals surface area (Å²) < 4.78 is 23.2. The van der Waals surface area contributed by atoms with Gasteiger partial charge in [-0.2, -0.15) is 0 Å². The number of nitrogens with one attached hydrogen (secondary N) is 1. The molecular weight excluding hydrogens is 326 g/mol. The summed E-state index contributed by atoms with van der Waals surface area (Å²) in [5.74, 6) is -1.09. The monoisotopic (exact) mass is 351 g/mol. The molecule has 3 rings (SSSR count). The fraction of sp³-hybridized carbons (Fsp3) is 0.611. The van der Waals surface area contributed by atoms with E-state index in [1.807, 2.05) is 30.3 Å². The third-order valence-electron chi connectivity index (χ3n) is 4.32. The second-order valence-electron chi connectivity index (χ2n) is 6.85. The normalized spacial score (nSPS) is 34.2. The molecule has 0 bridgehead atoms. The van der Waals surface area contributed by atoms with Crippen molar-refractivity contribution in [3.8, 4) is 0 Å². The molecule has 7 heteroatoms. The molecule has 1 aromatic rings. The fourth-order valence-corrected chi connectivity index (χ4v) is 3.13. The van der Waals surface area contributed by atoms with Crippen LogP contribution < -0.4 is 5.32 Å². The van der Waals surface area contributed by atoms with E-state index in [-0.39, 0.29) is 12.5 Å². The van der Waals surface area contributed by atoms with Crippen LogP contribution in [0.4, 0.5) is 0 Å². The van der Waals surface area contributed by atoms with E-state index in [0.717, 1.165) is 5.56 Å². The molecular formula is C18H25NO6. The number of hydrogen-bond acceptors (Lipinski definition) is 6. The van der Waals surface area contributed by atoms with Gasteiger partial charge in [0.25, 0.3) is 0 Å². The highest BCUT2D eigenvalue weighted by molar-refractivity contribution is 5.73. The lowest BCUT2D eigenvalue weighted by Crippen LogP contribution is -2.68. The van der Waals surface area contributed by atoms with Gasteiger partial charge >= 0.3 is 0 Å². The molecule has 0 saturated carbocycles. The Kier molecular flexibility index (Phi) is 5.41. The molecule has 5 unspecified atom stereocenters. The Balaban J connectivity index is 1.73. The largest absolute Gasteiger partial charge is 0.388 e. The number of ether oxygens (including phenoxy) is 4. The van der Waals surface area contributed by atoms with E-state index in [0.29, 0.717) is 6.61 Å². The van der Waals surface area contributed by atoms with Gasteiger partial charge in [0.2, 0.25) is 5.91 Å². The van der Waals surface area contributed by atoms with E-state index in [4.69, 9.17) is 18.9 Å². The van der Waals surface area contributed by atoms with Crippen LogP contribution in [-0.2, 0) is 30.3 Å². The first kappa shape index (κ1) is 18.3. The van der Waals surface area contributed by atoms with Crippen molar-refractivity contribution >= 4 is 5.91 Å². The predicted molar refractivity (Wildman–Crippen MR) is 88.4 cm³/mol. The van der Waals surface area contributed by atoms with E-state index in [9.17, 15) is 9.90 Å². The lowest BCUT2D eigenvalue weighted by atomic mass is 9.95. The van der Waals surface area contributed by atoms with E-state index >= 15 is 0 Å². The number of fused-ring (bicyclic) bond motifs is 1. The summed E-state index contributed by atoms with van der Waals surface area (Å²) in [5.41, 5.74) is 0.974. The van der Waals surface area contributed by atoms with E-state index in [1.165, 1.54) is 6.92 Å². The fourth-order valence-electron chi connectivity index (χ4n) is 3.13. The molecule has 138 valence electrons. The minimum Gasteiger partial charge on any atom is -0.388 e. The predicted octanol–water partition coefficient (Wildman–Crippen LogP) is 0.945. The highest BCUT2D eigenvalue weighted by atomic mass is 16.8. The second-order valence-corrected chi connectivity index (χ2v) is 6.85. The van der Waals surface area contributed by atoms with E-state index in [2.05, 4.69) is 5.32 Å². The summed E-state index contributed by atoms with van der Waals surface area (Å²) in [6, 6.07) is 8.91. The number of benzene rings is 1. The Hall–Kier alpha value is -1.51. The maximum absolute atomic E-state index is 11.6. The highest BCUT2D eigenvalue weighted by Crippen LogP contribution is 2.33. The highest BCUT2D eigenvalue weighted by Gasteiger charge is 2.51. The molecule has 5 atom stereocenters. The molecule has 2 saturated heterocycles. The second kappa shape index (κ2) is 7.39.